The van der Waals surface area contributed by atoms with Crippen molar-refractivity contribution >= 4 is 28.4 Å². The first-order chi connectivity index (χ1) is 8.83. The van der Waals surface area contributed by atoms with Gasteiger partial charge in [-0.3, -0.25) is 4.98 Å². The Balaban J connectivity index is 2.03. The van der Waals surface area contributed by atoms with E-state index in [2.05, 4.69) is 20.3 Å². The molecule has 88 valence electrons. The minimum Gasteiger partial charge on any atom is -0.383 e. The largest absolute Gasteiger partial charge is 0.383 e. The molecule has 2 aromatic heterocycles. The van der Waals surface area contributed by atoms with Gasteiger partial charge in [-0.25, -0.2) is 4.98 Å². The quantitative estimate of drug-likeness (QED) is 0.715. The summed E-state index contributed by atoms with van der Waals surface area (Å²) in [5, 5.41) is 3.95. The van der Waals surface area contributed by atoms with Crippen molar-refractivity contribution in [2.45, 2.75) is 0 Å². The molecule has 0 radical (unpaired) electrons. The molecule has 18 heavy (non-hydrogen) atoms. The molecule has 0 aliphatic rings. The van der Waals surface area contributed by atoms with Crippen LogP contribution in [0.15, 0.2) is 48.8 Å². The molecule has 0 fully saturated rings. The van der Waals surface area contributed by atoms with Crippen LogP contribution in [0.25, 0.3) is 10.9 Å². The maximum absolute atomic E-state index is 5.91. The first-order valence-corrected chi connectivity index (χ1v) is 5.52. The molecule has 0 unspecified atom stereocenters. The molecule has 1 aromatic carbocycles. The fourth-order valence-electron chi connectivity index (χ4n) is 1.72. The van der Waals surface area contributed by atoms with Gasteiger partial charge in [0.2, 0.25) is 5.95 Å². The van der Waals surface area contributed by atoms with E-state index in [1.165, 1.54) is 0 Å². The number of nitrogens with zero attached hydrogens (tertiary/aromatic N) is 3. The smallest absolute Gasteiger partial charge is 0.229 e. The second kappa shape index (κ2) is 4.29. The topological polar surface area (TPSA) is 76.7 Å². The zero-order valence-corrected chi connectivity index (χ0v) is 9.54. The molecule has 3 N–H and O–H groups in total. The number of anilines is 3. The molecule has 0 saturated heterocycles. The average molecular weight is 237 g/mol. The lowest BCUT2D eigenvalue weighted by molar-refractivity contribution is 1.21. The number of hydrogen-bond donors (Lipinski definition) is 2. The van der Waals surface area contributed by atoms with Crippen LogP contribution in [0.1, 0.15) is 0 Å². The standard InChI is InChI=1S/C13H11N5/c14-12-10-3-1-2-4-11(10)17-13(18-12)16-9-5-7-15-8-6-9/h1-8H,(H3,14,15,16,17,18). The SMILES string of the molecule is Nc1nc(Nc2ccncc2)nc2ccccc12. The Morgan fingerprint density at radius 1 is 0.944 bits per heavy atom. The number of hydrogen-bond acceptors (Lipinski definition) is 5. The molecular weight excluding hydrogens is 226 g/mol. The highest BCUT2D eigenvalue weighted by atomic mass is 15.1. The number of nitrogen functional groups attached to an aromatic ring is 1. The maximum atomic E-state index is 5.91. The van der Waals surface area contributed by atoms with Gasteiger partial charge in [-0.05, 0) is 24.3 Å². The van der Waals surface area contributed by atoms with E-state index in [4.69, 9.17) is 5.73 Å². The summed E-state index contributed by atoms with van der Waals surface area (Å²) in [6.45, 7) is 0. The van der Waals surface area contributed by atoms with Crippen molar-refractivity contribution in [1.29, 1.82) is 0 Å². The number of nitrogens with two attached hydrogens (primary N) is 1. The molecule has 0 aliphatic heterocycles. The van der Waals surface area contributed by atoms with Gasteiger partial charge in [0.15, 0.2) is 0 Å². The van der Waals surface area contributed by atoms with Gasteiger partial charge >= 0.3 is 0 Å². The third kappa shape index (κ3) is 1.93. The van der Waals surface area contributed by atoms with E-state index in [1.807, 2.05) is 36.4 Å². The van der Waals surface area contributed by atoms with Crippen molar-refractivity contribution < 1.29 is 0 Å². The summed E-state index contributed by atoms with van der Waals surface area (Å²) in [5.41, 5.74) is 7.60. The maximum Gasteiger partial charge on any atom is 0.229 e. The van der Waals surface area contributed by atoms with Crippen molar-refractivity contribution in [3.63, 3.8) is 0 Å². The summed E-state index contributed by atoms with van der Waals surface area (Å²) in [7, 11) is 0. The minimum atomic E-state index is 0.470. The molecule has 3 aromatic rings. The van der Waals surface area contributed by atoms with Crippen molar-refractivity contribution in [2.75, 3.05) is 11.1 Å². The zero-order valence-electron chi connectivity index (χ0n) is 9.54. The third-order valence-corrected chi connectivity index (χ3v) is 2.57. The van der Waals surface area contributed by atoms with E-state index in [0.717, 1.165) is 16.6 Å². The van der Waals surface area contributed by atoms with Crippen LogP contribution in [0.2, 0.25) is 0 Å². The molecule has 0 aliphatic carbocycles. The monoisotopic (exact) mass is 237 g/mol. The van der Waals surface area contributed by atoms with Crippen LogP contribution in [0.4, 0.5) is 17.5 Å². The fourth-order valence-corrected chi connectivity index (χ4v) is 1.72. The van der Waals surface area contributed by atoms with E-state index >= 15 is 0 Å². The lowest BCUT2D eigenvalue weighted by Crippen LogP contribution is -2.01. The van der Waals surface area contributed by atoms with Gasteiger partial charge in [-0.1, -0.05) is 12.1 Å². The molecule has 0 bridgehead atoms. The van der Waals surface area contributed by atoms with Crippen molar-refractivity contribution in [1.82, 2.24) is 15.0 Å². The van der Waals surface area contributed by atoms with E-state index in [-0.39, 0.29) is 0 Å². The van der Waals surface area contributed by atoms with Crippen LogP contribution < -0.4 is 11.1 Å². The Morgan fingerprint density at radius 3 is 2.56 bits per heavy atom. The number of rotatable bonds is 2. The van der Waals surface area contributed by atoms with Crippen molar-refractivity contribution in [2.24, 2.45) is 0 Å². The van der Waals surface area contributed by atoms with E-state index < -0.39 is 0 Å². The number of nitrogens with one attached hydrogen (secondary N) is 1. The normalized spacial score (nSPS) is 10.4. The Kier molecular flexibility index (Phi) is 2.49. The third-order valence-electron chi connectivity index (χ3n) is 2.57. The average Bonchev–Trinajstić information content (AvgIpc) is 2.40. The minimum absolute atomic E-state index is 0.470. The van der Waals surface area contributed by atoms with Gasteiger partial charge in [-0.15, -0.1) is 0 Å². The predicted octanol–water partition coefficient (Wildman–Crippen LogP) is 2.35. The second-order valence-electron chi connectivity index (χ2n) is 3.81. The highest BCUT2D eigenvalue weighted by Gasteiger charge is 2.04. The summed E-state index contributed by atoms with van der Waals surface area (Å²) in [5.74, 6) is 0.953. The molecule has 0 spiro atoms. The Bertz CT molecular complexity index is 681. The van der Waals surface area contributed by atoms with Gasteiger partial charge in [0, 0.05) is 23.5 Å². The van der Waals surface area contributed by atoms with E-state index in [9.17, 15) is 0 Å². The molecule has 0 atom stereocenters. The number of pyridine rings is 1. The highest BCUT2D eigenvalue weighted by Crippen LogP contribution is 2.20. The van der Waals surface area contributed by atoms with Gasteiger partial charge in [0.05, 0.1) is 5.52 Å². The Hall–Kier alpha value is -2.69. The molecule has 0 saturated carbocycles. The van der Waals surface area contributed by atoms with Crippen LogP contribution in [-0.4, -0.2) is 15.0 Å². The summed E-state index contributed by atoms with van der Waals surface area (Å²) >= 11 is 0. The van der Waals surface area contributed by atoms with Gasteiger partial charge in [-0.2, -0.15) is 4.98 Å². The van der Waals surface area contributed by atoms with Crippen molar-refractivity contribution in [3.8, 4) is 0 Å². The number of fused-ring (bicyclic) bond motifs is 1. The number of benzene rings is 1. The second-order valence-corrected chi connectivity index (χ2v) is 3.81. The first kappa shape index (κ1) is 10.5. The van der Waals surface area contributed by atoms with E-state index in [0.29, 0.717) is 11.8 Å². The Labute approximate surface area is 104 Å². The Morgan fingerprint density at radius 2 is 1.72 bits per heavy atom. The lowest BCUT2D eigenvalue weighted by atomic mass is 10.2. The number of aromatic nitrogens is 3. The van der Waals surface area contributed by atoms with Crippen LogP contribution in [0, 0.1) is 0 Å². The summed E-state index contributed by atoms with van der Waals surface area (Å²) in [6, 6.07) is 11.3. The molecule has 2 heterocycles. The molecule has 0 amide bonds. The molecule has 5 heteroatoms. The van der Waals surface area contributed by atoms with Crippen LogP contribution in [0.3, 0.4) is 0 Å². The van der Waals surface area contributed by atoms with Crippen LogP contribution in [0.5, 0.6) is 0 Å². The van der Waals surface area contributed by atoms with Crippen LogP contribution >= 0.6 is 0 Å². The summed E-state index contributed by atoms with van der Waals surface area (Å²) in [6.07, 6.45) is 3.40. The summed E-state index contributed by atoms with van der Waals surface area (Å²) < 4.78 is 0. The zero-order chi connectivity index (χ0) is 12.4. The van der Waals surface area contributed by atoms with Crippen LogP contribution in [-0.2, 0) is 0 Å². The summed E-state index contributed by atoms with van der Waals surface area (Å²) in [4.78, 5) is 12.6. The van der Waals surface area contributed by atoms with Gasteiger partial charge < -0.3 is 11.1 Å². The van der Waals surface area contributed by atoms with Crippen molar-refractivity contribution in [3.05, 3.63) is 48.8 Å². The highest BCUT2D eigenvalue weighted by molar-refractivity contribution is 5.89. The van der Waals surface area contributed by atoms with Gasteiger partial charge in [0.25, 0.3) is 0 Å². The number of para-hydroxylation sites is 1. The van der Waals surface area contributed by atoms with E-state index in [1.54, 1.807) is 12.4 Å². The predicted molar refractivity (Wildman–Crippen MR) is 71.5 cm³/mol. The molecule has 3 rings (SSSR count). The van der Waals surface area contributed by atoms with Gasteiger partial charge in [0.1, 0.15) is 5.82 Å². The fraction of sp³-hybridized carbons (Fsp3) is 0. The lowest BCUT2D eigenvalue weighted by Gasteiger charge is -2.07. The first-order valence-electron chi connectivity index (χ1n) is 5.52. The molecular formula is C13H11N5. The molecule has 5 nitrogen and oxygen atoms in total.